The first kappa shape index (κ1) is 23.6. The molecular formula is C24H31N7O3. The highest BCUT2D eigenvalue weighted by Crippen LogP contribution is 2.28. The predicted molar refractivity (Wildman–Crippen MR) is 127 cm³/mol. The highest BCUT2D eigenvalue weighted by atomic mass is 16.6. The van der Waals surface area contributed by atoms with Crippen molar-refractivity contribution in [3.8, 4) is 11.1 Å². The van der Waals surface area contributed by atoms with Crippen LogP contribution in [0.25, 0.3) is 22.2 Å². The molecule has 1 aliphatic heterocycles. The lowest BCUT2D eigenvalue weighted by Gasteiger charge is -2.33. The first-order valence-electron chi connectivity index (χ1n) is 11.6. The summed E-state index contributed by atoms with van der Waals surface area (Å²) in [6.45, 7) is 10.6. The number of fused-ring (bicyclic) bond motifs is 1. The van der Waals surface area contributed by atoms with Gasteiger partial charge in [0.05, 0.1) is 11.6 Å². The molecule has 1 fully saturated rings. The van der Waals surface area contributed by atoms with Crippen LogP contribution in [0.5, 0.6) is 0 Å². The molecule has 1 aliphatic rings. The van der Waals surface area contributed by atoms with E-state index in [2.05, 4.69) is 25.6 Å². The third-order valence-electron chi connectivity index (χ3n) is 5.54. The Balaban J connectivity index is 1.45. The molecule has 0 spiro atoms. The van der Waals surface area contributed by atoms with Gasteiger partial charge in [-0.15, -0.1) is 5.10 Å². The summed E-state index contributed by atoms with van der Waals surface area (Å²) in [4.78, 5) is 34.6. The van der Waals surface area contributed by atoms with E-state index in [1.165, 1.54) is 0 Å². The van der Waals surface area contributed by atoms with E-state index in [0.29, 0.717) is 13.1 Å². The standard InChI is InChI=1S/C24H31N7O3/c1-15(2)27-22(32)21-25-13-17(14-26-21)16-6-7-20-19(12-16)28-29-31(20)18-8-10-30(11-9-18)23(33)34-24(3,4)5/h6-7,12-15,18H,8-11H2,1-5H3,(H,27,32). The number of nitrogens with one attached hydrogen (secondary N) is 1. The largest absolute Gasteiger partial charge is 0.444 e. The Kier molecular flexibility index (Phi) is 6.49. The minimum atomic E-state index is -0.500. The molecule has 1 N–H and O–H groups in total. The van der Waals surface area contributed by atoms with Crippen molar-refractivity contribution in [3.05, 3.63) is 36.4 Å². The summed E-state index contributed by atoms with van der Waals surface area (Å²) in [5.74, 6) is -0.153. The van der Waals surface area contributed by atoms with Gasteiger partial charge in [-0.3, -0.25) is 4.79 Å². The van der Waals surface area contributed by atoms with Crippen molar-refractivity contribution < 1.29 is 14.3 Å². The third-order valence-corrected chi connectivity index (χ3v) is 5.54. The van der Waals surface area contributed by atoms with Gasteiger partial charge in [-0.25, -0.2) is 19.4 Å². The van der Waals surface area contributed by atoms with Crippen LogP contribution in [0.1, 0.15) is 64.1 Å². The fraction of sp³-hybridized carbons (Fsp3) is 0.500. The summed E-state index contributed by atoms with van der Waals surface area (Å²) in [7, 11) is 0. The molecule has 3 heterocycles. The van der Waals surface area contributed by atoms with Gasteiger partial charge in [0, 0.05) is 37.1 Å². The number of likely N-dealkylation sites (tertiary alicyclic amines) is 1. The number of hydrogen-bond acceptors (Lipinski definition) is 7. The molecule has 34 heavy (non-hydrogen) atoms. The fourth-order valence-electron chi connectivity index (χ4n) is 3.93. The summed E-state index contributed by atoms with van der Waals surface area (Å²) >= 11 is 0. The number of rotatable bonds is 4. The molecule has 0 bridgehead atoms. The first-order valence-corrected chi connectivity index (χ1v) is 11.6. The molecule has 2 amide bonds. The van der Waals surface area contributed by atoms with E-state index in [9.17, 15) is 9.59 Å². The van der Waals surface area contributed by atoms with Crippen molar-refractivity contribution in [3.63, 3.8) is 0 Å². The SMILES string of the molecule is CC(C)NC(=O)c1ncc(-c2ccc3c(c2)nnn3C2CCN(C(=O)OC(C)(C)C)CC2)cn1. The van der Waals surface area contributed by atoms with Crippen LogP contribution >= 0.6 is 0 Å². The first-order chi connectivity index (χ1) is 16.1. The van der Waals surface area contributed by atoms with Crippen molar-refractivity contribution in [2.45, 2.75) is 65.1 Å². The minimum absolute atomic E-state index is 0.0188. The smallest absolute Gasteiger partial charge is 0.410 e. The molecule has 0 atom stereocenters. The molecule has 0 radical (unpaired) electrons. The van der Waals surface area contributed by atoms with Crippen LogP contribution in [0.2, 0.25) is 0 Å². The number of piperidine rings is 1. The number of aromatic nitrogens is 5. The summed E-state index contributed by atoms with van der Waals surface area (Å²) < 4.78 is 7.43. The van der Waals surface area contributed by atoms with E-state index < -0.39 is 5.60 Å². The maximum absolute atomic E-state index is 12.3. The lowest BCUT2D eigenvalue weighted by Crippen LogP contribution is -2.42. The van der Waals surface area contributed by atoms with Crippen LogP contribution in [-0.4, -0.2) is 66.6 Å². The highest BCUT2D eigenvalue weighted by Gasteiger charge is 2.28. The second-order valence-electron chi connectivity index (χ2n) is 9.86. The van der Waals surface area contributed by atoms with Gasteiger partial charge >= 0.3 is 6.09 Å². The molecule has 10 heteroatoms. The molecule has 0 saturated carbocycles. The second kappa shape index (κ2) is 9.36. The Morgan fingerprint density at radius 3 is 2.38 bits per heavy atom. The molecule has 4 rings (SSSR count). The zero-order valence-electron chi connectivity index (χ0n) is 20.3. The lowest BCUT2D eigenvalue weighted by atomic mass is 10.0. The molecule has 1 saturated heterocycles. The molecular weight excluding hydrogens is 434 g/mol. The van der Waals surface area contributed by atoms with Gasteiger partial charge in [-0.1, -0.05) is 11.3 Å². The number of carbonyl (C=O) groups is 2. The van der Waals surface area contributed by atoms with Gasteiger partial charge in [0.15, 0.2) is 0 Å². The van der Waals surface area contributed by atoms with Gasteiger partial charge in [0.25, 0.3) is 5.91 Å². The van der Waals surface area contributed by atoms with E-state index in [0.717, 1.165) is 35.0 Å². The van der Waals surface area contributed by atoms with Crippen molar-refractivity contribution >= 4 is 23.0 Å². The van der Waals surface area contributed by atoms with Crippen LogP contribution in [0.3, 0.4) is 0 Å². The monoisotopic (exact) mass is 465 g/mol. The fourth-order valence-corrected chi connectivity index (χ4v) is 3.93. The molecule has 10 nitrogen and oxygen atoms in total. The van der Waals surface area contributed by atoms with E-state index in [1.807, 2.05) is 57.5 Å². The van der Waals surface area contributed by atoms with Gasteiger partial charge in [0.2, 0.25) is 5.82 Å². The maximum atomic E-state index is 12.3. The molecule has 1 aromatic carbocycles. The number of carbonyl (C=O) groups excluding carboxylic acids is 2. The number of amides is 2. The number of nitrogens with zero attached hydrogens (tertiary/aromatic N) is 6. The molecule has 2 aromatic heterocycles. The molecule has 0 unspecified atom stereocenters. The normalized spacial score (nSPS) is 15.1. The maximum Gasteiger partial charge on any atom is 0.410 e. The number of benzene rings is 1. The predicted octanol–water partition coefficient (Wildman–Crippen LogP) is 3.60. The Hall–Kier alpha value is -3.56. The summed E-state index contributed by atoms with van der Waals surface area (Å²) in [5, 5.41) is 11.5. The summed E-state index contributed by atoms with van der Waals surface area (Å²) in [5.41, 5.74) is 2.90. The Bertz CT molecular complexity index is 1170. The molecule has 3 aromatic rings. The average molecular weight is 466 g/mol. The summed E-state index contributed by atoms with van der Waals surface area (Å²) in [6.07, 6.45) is 4.58. The van der Waals surface area contributed by atoms with Crippen molar-refractivity contribution in [2.75, 3.05) is 13.1 Å². The Labute approximate surface area is 198 Å². The van der Waals surface area contributed by atoms with Gasteiger partial charge in [-0.2, -0.15) is 0 Å². The van der Waals surface area contributed by atoms with Gasteiger partial charge < -0.3 is 15.0 Å². The van der Waals surface area contributed by atoms with Crippen LogP contribution in [0.4, 0.5) is 4.79 Å². The van der Waals surface area contributed by atoms with Crippen LogP contribution < -0.4 is 5.32 Å². The zero-order valence-corrected chi connectivity index (χ0v) is 20.3. The highest BCUT2D eigenvalue weighted by molar-refractivity contribution is 5.90. The number of hydrogen-bond donors (Lipinski definition) is 1. The quantitative estimate of drug-likeness (QED) is 0.626. The van der Waals surface area contributed by atoms with Gasteiger partial charge in [0.1, 0.15) is 11.1 Å². The topological polar surface area (TPSA) is 115 Å². The summed E-state index contributed by atoms with van der Waals surface area (Å²) in [6, 6.07) is 6.10. The molecule has 180 valence electrons. The molecule has 0 aliphatic carbocycles. The van der Waals surface area contributed by atoms with Crippen molar-refractivity contribution in [1.82, 2.24) is 35.2 Å². The van der Waals surface area contributed by atoms with Gasteiger partial charge in [-0.05, 0) is 65.2 Å². The van der Waals surface area contributed by atoms with E-state index in [1.54, 1.807) is 17.3 Å². The lowest BCUT2D eigenvalue weighted by molar-refractivity contribution is 0.0185. The van der Waals surface area contributed by atoms with Crippen LogP contribution in [0.15, 0.2) is 30.6 Å². The van der Waals surface area contributed by atoms with E-state index in [4.69, 9.17) is 4.74 Å². The van der Waals surface area contributed by atoms with E-state index in [-0.39, 0.29) is 29.9 Å². The van der Waals surface area contributed by atoms with Crippen molar-refractivity contribution in [1.29, 1.82) is 0 Å². The average Bonchev–Trinajstić information content (AvgIpc) is 3.21. The zero-order chi connectivity index (χ0) is 24.5. The Morgan fingerprint density at radius 2 is 1.76 bits per heavy atom. The second-order valence-corrected chi connectivity index (χ2v) is 9.86. The third kappa shape index (κ3) is 5.32. The van der Waals surface area contributed by atoms with Crippen LogP contribution in [-0.2, 0) is 4.74 Å². The van der Waals surface area contributed by atoms with Crippen molar-refractivity contribution in [2.24, 2.45) is 0 Å². The minimum Gasteiger partial charge on any atom is -0.444 e. The van der Waals surface area contributed by atoms with Crippen LogP contribution in [0, 0.1) is 0 Å². The number of ether oxygens (including phenoxy) is 1. The van der Waals surface area contributed by atoms with E-state index >= 15 is 0 Å². The Morgan fingerprint density at radius 1 is 1.09 bits per heavy atom.